The van der Waals surface area contributed by atoms with Gasteiger partial charge in [-0.15, -0.1) is 0 Å². The molecule has 22 heavy (non-hydrogen) atoms. The largest absolute Gasteiger partial charge is 0.469 e. The lowest BCUT2D eigenvalue weighted by Crippen LogP contribution is -2.32. The van der Waals surface area contributed by atoms with Crippen molar-refractivity contribution in [2.24, 2.45) is 5.73 Å². The molecule has 0 aliphatic carbocycles. The molecule has 1 heterocycles. The summed E-state index contributed by atoms with van der Waals surface area (Å²) in [6.07, 6.45) is 0.462. The average Bonchev–Trinajstić information content (AvgIpc) is 2.68. The molecule has 0 radical (unpaired) electrons. The molecule has 0 aromatic heterocycles. The van der Waals surface area contributed by atoms with Crippen molar-refractivity contribution in [2.45, 2.75) is 12.3 Å². The number of ether oxygens (including phenoxy) is 1. The van der Waals surface area contributed by atoms with Crippen LogP contribution in [0.5, 0.6) is 0 Å². The summed E-state index contributed by atoms with van der Waals surface area (Å²) in [6.45, 7) is 0. The van der Waals surface area contributed by atoms with Crippen LogP contribution in [0.1, 0.15) is 17.0 Å². The maximum absolute atomic E-state index is 12.2. The number of methoxy groups -OCH3 is 1. The number of fused-ring (bicyclic) bond motifs is 2. The van der Waals surface area contributed by atoms with Gasteiger partial charge in [0.15, 0.2) is 0 Å². The summed E-state index contributed by atoms with van der Waals surface area (Å²) in [5, 5.41) is 0. The molecule has 2 aromatic carbocycles. The van der Waals surface area contributed by atoms with Crippen LogP contribution in [0.3, 0.4) is 0 Å². The van der Waals surface area contributed by atoms with Crippen LogP contribution in [-0.4, -0.2) is 19.1 Å². The summed E-state index contributed by atoms with van der Waals surface area (Å²) in [5.41, 5.74) is 8.54. The molecule has 0 fully saturated rings. The lowest BCUT2D eigenvalue weighted by Gasteiger charge is -2.23. The summed E-state index contributed by atoms with van der Waals surface area (Å²) in [5.74, 6) is -0.791. The summed E-state index contributed by atoms with van der Waals surface area (Å²) in [6, 6.07) is 14.1. The van der Waals surface area contributed by atoms with E-state index in [1.165, 1.54) is 12.0 Å². The Balaban J connectivity index is 2.28. The van der Waals surface area contributed by atoms with Gasteiger partial charge in [-0.2, -0.15) is 0 Å². The number of carbonyl (C=O) groups excluding carboxylic acids is 2. The first-order valence-corrected chi connectivity index (χ1v) is 6.97. The van der Waals surface area contributed by atoms with Crippen molar-refractivity contribution in [3.8, 4) is 0 Å². The van der Waals surface area contributed by atoms with Crippen LogP contribution in [0, 0.1) is 0 Å². The van der Waals surface area contributed by atoms with Crippen LogP contribution in [0.4, 0.5) is 16.2 Å². The lowest BCUT2D eigenvalue weighted by molar-refractivity contribution is -0.142. The third-order valence-corrected chi connectivity index (χ3v) is 3.92. The zero-order valence-electron chi connectivity index (χ0n) is 12.2. The van der Waals surface area contributed by atoms with E-state index in [-0.39, 0.29) is 5.97 Å². The highest BCUT2D eigenvalue weighted by Gasteiger charge is 2.33. The van der Waals surface area contributed by atoms with Crippen molar-refractivity contribution >= 4 is 23.4 Å². The fourth-order valence-corrected chi connectivity index (χ4v) is 2.94. The van der Waals surface area contributed by atoms with Gasteiger partial charge in [0.05, 0.1) is 24.4 Å². The van der Waals surface area contributed by atoms with Crippen molar-refractivity contribution in [1.82, 2.24) is 0 Å². The minimum Gasteiger partial charge on any atom is -0.469 e. The van der Waals surface area contributed by atoms with Gasteiger partial charge in [0.1, 0.15) is 0 Å². The minimum atomic E-state index is -0.578. The first-order chi connectivity index (χ1) is 10.6. The molecule has 3 rings (SSSR count). The Labute approximate surface area is 128 Å². The van der Waals surface area contributed by atoms with Gasteiger partial charge in [-0.25, -0.2) is 4.79 Å². The summed E-state index contributed by atoms with van der Waals surface area (Å²) in [4.78, 5) is 25.7. The Bertz CT molecular complexity index is 742. The van der Waals surface area contributed by atoms with Gasteiger partial charge in [0.2, 0.25) is 0 Å². The second kappa shape index (κ2) is 5.52. The number of hydrogen-bond acceptors (Lipinski definition) is 3. The predicted octanol–water partition coefficient (Wildman–Crippen LogP) is 2.72. The molecule has 1 atom stereocenters. The number of carbonyl (C=O) groups is 2. The number of urea groups is 1. The van der Waals surface area contributed by atoms with Crippen molar-refractivity contribution in [2.75, 3.05) is 12.0 Å². The van der Waals surface area contributed by atoms with E-state index in [0.29, 0.717) is 17.8 Å². The highest BCUT2D eigenvalue weighted by atomic mass is 16.5. The lowest BCUT2D eigenvalue weighted by atomic mass is 9.92. The zero-order chi connectivity index (χ0) is 15.7. The van der Waals surface area contributed by atoms with Gasteiger partial charge in [-0.05, 0) is 29.7 Å². The minimum absolute atomic E-state index is 0.325. The summed E-state index contributed by atoms with van der Waals surface area (Å²) in [7, 11) is 1.37. The Hall–Kier alpha value is -2.82. The van der Waals surface area contributed by atoms with Crippen LogP contribution in [0.2, 0.25) is 0 Å². The van der Waals surface area contributed by atoms with Gasteiger partial charge in [-0.1, -0.05) is 36.4 Å². The molecule has 1 aliphatic rings. The molecular formula is C17H16N2O3. The van der Waals surface area contributed by atoms with Crippen molar-refractivity contribution in [3.63, 3.8) is 0 Å². The molecule has 112 valence electrons. The number of rotatable bonds is 1. The maximum atomic E-state index is 12.2. The predicted molar refractivity (Wildman–Crippen MR) is 83.1 cm³/mol. The third kappa shape index (κ3) is 2.20. The molecule has 0 saturated carbocycles. The standard InChI is InChI=1S/C17H16N2O3/c1-22-16(20)13-10-11-6-2-4-8-14(11)19(17(18)21)15-9-5-3-7-12(13)15/h2-9,13H,10H2,1H3,(H2,18,21). The number of para-hydroxylation sites is 2. The molecular weight excluding hydrogens is 280 g/mol. The molecule has 2 aromatic rings. The van der Waals surface area contributed by atoms with Crippen LogP contribution in [0.25, 0.3) is 0 Å². The van der Waals surface area contributed by atoms with E-state index in [0.717, 1.165) is 11.1 Å². The molecule has 0 saturated heterocycles. The van der Waals surface area contributed by atoms with Gasteiger partial charge < -0.3 is 10.5 Å². The number of amides is 2. The van der Waals surface area contributed by atoms with E-state index in [1.54, 1.807) is 6.07 Å². The van der Waals surface area contributed by atoms with E-state index in [4.69, 9.17) is 10.5 Å². The van der Waals surface area contributed by atoms with Crippen molar-refractivity contribution < 1.29 is 14.3 Å². The molecule has 5 heteroatoms. The molecule has 0 bridgehead atoms. The number of nitrogens with zero attached hydrogens (tertiary/aromatic N) is 1. The summed E-state index contributed by atoms with van der Waals surface area (Å²) < 4.78 is 4.94. The van der Waals surface area contributed by atoms with Gasteiger partial charge in [0, 0.05) is 0 Å². The summed E-state index contributed by atoms with van der Waals surface area (Å²) >= 11 is 0. The van der Waals surface area contributed by atoms with E-state index < -0.39 is 11.9 Å². The number of hydrogen-bond donors (Lipinski definition) is 1. The van der Waals surface area contributed by atoms with Crippen molar-refractivity contribution in [1.29, 1.82) is 0 Å². The van der Waals surface area contributed by atoms with Gasteiger partial charge in [0.25, 0.3) is 0 Å². The van der Waals surface area contributed by atoms with Crippen LogP contribution < -0.4 is 10.6 Å². The Morgan fingerprint density at radius 1 is 1.09 bits per heavy atom. The van der Waals surface area contributed by atoms with E-state index in [1.807, 2.05) is 42.5 Å². The van der Waals surface area contributed by atoms with Crippen LogP contribution >= 0.6 is 0 Å². The second-order valence-electron chi connectivity index (χ2n) is 5.14. The normalized spacial score (nSPS) is 16.2. The second-order valence-corrected chi connectivity index (χ2v) is 5.14. The molecule has 1 unspecified atom stereocenters. The van der Waals surface area contributed by atoms with Crippen molar-refractivity contribution in [3.05, 3.63) is 59.7 Å². The highest BCUT2D eigenvalue weighted by molar-refractivity contribution is 6.01. The monoisotopic (exact) mass is 296 g/mol. The molecule has 2 amide bonds. The highest BCUT2D eigenvalue weighted by Crippen LogP contribution is 2.41. The fourth-order valence-electron chi connectivity index (χ4n) is 2.94. The fraction of sp³-hybridized carbons (Fsp3) is 0.176. The Morgan fingerprint density at radius 3 is 2.41 bits per heavy atom. The average molecular weight is 296 g/mol. The smallest absolute Gasteiger partial charge is 0.323 e. The first-order valence-electron chi connectivity index (χ1n) is 6.97. The number of anilines is 2. The SMILES string of the molecule is COC(=O)C1Cc2ccccc2N(C(N)=O)c2ccccc21. The molecule has 1 aliphatic heterocycles. The number of nitrogens with two attached hydrogens (primary N) is 1. The first kappa shape index (κ1) is 14.1. The van der Waals surface area contributed by atoms with E-state index in [2.05, 4.69) is 0 Å². The number of esters is 1. The van der Waals surface area contributed by atoms with Crippen LogP contribution in [0.15, 0.2) is 48.5 Å². The quantitative estimate of drug-likeness (QED) is 0.822. The maximum Gasteiger partial charge on any atom is 0.323 e. The Kier molecular flexibility index (Phi) is 3.55. The van der Waals surface area contributed by atoms with E-state index in [9.17, 15) is 9.59 Å². The van der Waals surface area contributed by atoms with Gasteiger partial charge in [-0.3, -0.25) is 9.69 Å². The molecule has 5 nitrogen and oxygen atoms in total. The number of primary amides is 1. The zero-order valence-corrected chi connectivity index (χ0v) is 12.2. The Morgan fingerprint density at radius 2 is 1.73 bits per heavy atom. The topological polar surface area (TPSA) is 72.6 Å². The third-order valence-electron chi connectivity index (χ3n) is 3.92. The molecule has 0 spiro atoms. The van der Waals surface area contributed by atoms with Crippen LogP contribution in [-0.2, 0) is 16.0 Å². The number of benzene rings is 2. The van der Waals surface area contributed by atoms with E-state index >= 15 is 0 Å². The molecule has 2 N–H and O–H groups in total. The van der Waals surface area contributed by atoms with Gasteiger partial charge >= 0.3 is 12.0 Å².